The summed E-state index contributed by atoms with van der Waals surface area (Å²) in [6, 6.07) is 17.8. The summed E-state index contributed by atoms with van der Waals surface area (Å²) in [5, 5.41) is 17.0. The number of H-pyrrole nitrogens is 1. The van der Waals surface area contributed by atoms with Gasteiger partial charge in [0.25, 0.3) is 0 Å². The lowest BCUT2D eigenvalue weighted by molar-refractivity contribution is 0.294. The fourth-order valence-corrected chi connectivity index (χ4v) is 3.54. The molecule has 0 saturated carbocycles. The van der Waals surface area contributed by atoms with Crippen LogP contribution in [-0.4, -0.2) is 28.2 Å². The number of hydrogen-bond acceptors (Lipinski definition) is 3. The van der Waals surface area contributed by atoms with Crippen molar-refractivity contribution >= 4 is 17.2 Å². The number of nitriles is 1. The van der Waals surface area contributed by atoms with Crippen LogP contribution in [0.5, 0.6) is 0 Å². The van der Waals surface area contributed by atoms with E-state index in [0.29, 0.717) is 5.56 Å². The van der Waals surface area contributed by atoms with Crippen LogP contribution < -0.4 is 0 Å². The summed E-state index contributed by atoms with van der Waals surface area (Å²) in [7, 11) is 0. The van der Waals surface area contributed by atoms with Crippen LogP contribution in [0.3, 0.4) is 0 Å². The molecule has 0 fully saturated rings. The van der Waals surface area contributed by atoms with E-state index in [4.69, 9.17) is 16.9 Å². The lowest BCUT2D eigenvalue weighted by Gasteiger charge is -2.26. The van der Waals surface area contributed by atoms with Gasteiger partial charge in [0, 0.05) is 30.2 Å². The molecule has 1 aliphatic rings. The third-order valence-corrected chi connectivity index (χ3v) is 5.17. The van der Waals surface area contributed by atoms with E-state index >= 15 is 0 Å². The number of nitrogens with zero attached hydrogens (tertiary/aromatic N) is 3. The molecule has 2 heterocycles. The summed E-state index contributed by atoms with van der Waals surface area (Å²) in [4.78, 5) is 2.41. The van der Waals surface area contributed by atoms with Crippen molar-refractivity contribution < 1.29 is 0 Å². The zero-order chi connectivity index (χ0) is 18.6. The van der Waals surface area contributed by atoms with Gasteiger partial charge in [-0.05, 0) is 47.4 Å². The quantitative estimate of drug-likeness (QED) is 0.707. The Morgan fingerprint density at radius 1 is 1.07 bits per heavy atom. The minimum atomic E-state index is 0.700. The van der Waals surface area contributed by atoms with Crippen molar-refractivity contribution in [2.24, 2.45) is 0 Å². The number of aromatic amines is 1. The van der Waals surface area contributed by atoms with Crippen LogP contribution >= 0.6 is 11.6 Å². The molecule has 0 radical (unpaired) electrons. The number of halogens is 1. The van der Waals surface area contributed by atoms with Gasteiger partial charge >= 0.3 is 0 Å². The van der Waals surface area contributed by atoms with E-state index in [9.17, 15) is 0 Å². The Labute approximate surface area is 163 Å². The van der Waals surface area contributed by atoms with Crippen LogP contribution in [0.2, 0.25) is 5.02 Å². The Bertz CT molecular complexity index is 994. The maximum atomic E-state index is 8.93. The largest absolute Gasteiger partial charge is 0.295 e. The van der Waals surface area contributed by atoms with Crippen molar-refractivity contribution in [2.45, 2.75) is 13.0 Å². The smallest absolute Gasteiger partial charge is 0.0991 e. The predicted octanol–water partition coefficient (Wildman–Crippen LogP) is 4.89. The maximum absolute atomic E-state index is 8.93. The molecule has 0 saturated heterocycles. The van der Waals surface area contributed by atoms with Gasteiger partial charge in [-0.1, -0.05) is 41.9 Å². The van der Waals surface area contributed by atoms with Gasteiger partial charge in [-0.2, -0.15) is 10.4 Å². The first-order valence-corrected chi connectivity index (χ1v) is 9.31. The summed E-state index contributed by atoms with van der Waals surface area (Å²) >= 11 is 5.99. The second-order valence-electron chi connectivity index (χ2n) is 6.68. The van der Waals surface area contributed by atoms with Gasteiger partial charge < -0.3 is 0 Å². The Kier molecular flexibility index (Phi) is 5.06. The first-order chi connectivity index (χ1) is 13.2. The molecule has 1 aromatic heterocycles. The average molecular weight is 375 g/mol. The molecule has 0 spiro atoms. The summed E-state index contributed by atoms with van der Waals surface area (Å²) < 4.78 is 0. The van der Waals surface area contributed by atoms with Crippen molar-refractivity contribution in [3.8, 4) is 17.3 Å². The molecule has 0 bridgehead atoms. The molecular weight excluding hydrogens is 356 g/mol. The molecule has 3 aromatic rings. The molecule has 1 N–H and O–H groups in total. The second-order valence-corrected chi connectivity index (χ2v) is 7.12. The number of hydrogen-bond donors (Lipinski definition) is 1. The lowest BCUT2D eigenvalue weighted by Crippen LogP contribution is -2.28. The summed E-state index contributed by atoms with van der Waals surface area (Å²) in [5.74, 6) is 0. The van der Waals surface area contributed by atoms with Gasteiger partial charge in [0.15, 0.2) is 0 Å². The summed E-state index contributed by atoms with van der Waals surface area (Å²) in [6.07, 6.45) is 5.19. The molecule has 0 aliphatic carbocycles. The standard InChI is InChI=1S/C22H19ClN4/c23-21-7-5-19(6-8-21)22-20(14-25-26-22)15-27-11-9-18(10-12-27)17-3-1-16(13-24)2-4-17/h1-9,14H,10-12,15H2,(H,25,26). The van der Waals surface area contributed by atoms with E-state index in [0.717, 1.165) is 42.3 Å². The van der Waals surface area contributed by atoms with Gasteiger partial charge in [-0.15, -0.1) is 0 Å². The van der Waals surface area contributed by atoms with Gasteiger partial charge in [-0.25, -0.2) is 0 Å². The van der Waals surface area contributed by atoms with E-state index in [2.05, 4.69) is 27.2 Å². The average Bonchev–Trinajstić information content (AvgIpc) is 3.17. The molecule has 4 nitrogen and oxygen atoms in total. The highest BCUT2D eigenvalue weighted by atomic mass is 35.5. The van der Waals surface area contributed by atoms with Gasteiger partial charge in [-0.3, -0.25) is 10.00 Å². The fraction of sp³-hybridized carbons (Fsp3) is 0.182. The zero-order valence-corrected chi connectivity index (χ0v) is 15.6. The Hall–Kier alpha value is -2.87. The third-order valence-electron chi connectivity index (χ3n) is 4.92. The topological polar surface area (TPSA) is 55.7 Å². The maximum Gasteiger partial charge on any atom is 0.0991 e. The Morgan fingerprint density at radius 3 is 2.48 bits per heavy atom. The summed E-state index contributed by atoms with van der Waals surface area (Å²) in [5.41, 5.74) is 6.59. The van der Waals surface area contributed by atoms with Crippen molar-refractivity contribution in [1.29, 1.82) is 5.26 Å². The molecule has 0 amide bonds. The van der Waals surface area contributed by atoms with Crippen molar-refractivity contribution in [2.75, 3.05) is 13.1 Å². The monoisotopic (exact) mass is 374 g/mol. The van der Waals surface area contributed by atoms with Crippen LogP contribution in [0.4, 0.5) is 0 Å². The zero-order valence-electron chi connectivity index (χ0n) is 14.8. The van der Waals surface area contributed by atoms with Crippen LogP contribution in [0, 0.1) is 11.3 Å². The number of nitrogens with one attached hydrogen (secondary N) is 1. The van der Waals surface area contributed by atoms with E-state index in [-0.39, 0.29) is 0 Å². The number of aromatic nitrogens is 2. The normalized spacial score (nSPS) is 14.6. The van der Waals surface area contributed by atoms with E-state index in [1.165, 1.54) is 16.7 Å². The Morgan fingerprint density at radius 2 is 1.81 bits per heavy atom. The fourth-order valence-electron chi connectivity index (χ4n) is 3.41. The molecule has 1 aliphatic heterocycles. The Balaban J connectivity index is 1.45. The first kappa shape index (κ1) is 17.5. The van der Waals surface area contributed by atoms with Crippen LogP contribution in [0.15, 0.2) is 60.8 Å². The first-order valence-electron chi connectivity index (χ1n) is 8.93. The highest BCUT2D eigenvalue weighted by Crippen LogP contribution is 2.27. The van der Waals surface area contributed by atoms with Crippen molar-refractivity contribution in [3.05, 3.63) is 82.5 Å². The molecule has 4 rings (SSSR count). The lowest BCUT2D eigenvalue weighted by atomic mass is 9.98. The number of benzene rings is 2. The van der Waals surface area contributed by atoms with Crippen LogP contribution in [-0.2, 0) is 6.54 Å². The second kappa shape index (κ2) is 7.79. The molecule has 5 heteroatoms. The minimum absolute atomic E-state index is 0.700. The molecule has 2 aromatic carbocycles. The molecule has 0 atom stereocenters. The van der Waals surface area contributed by atoms with Crippen LogP contribution in [0.25, 0.3) is 16.8 Å². The van der Waals surface area contributed by atoms with Gasteiger partial charge in [0.2, 0.25) is 0 Å². The molecule has 0 unspecified atom stereocenters. The molecule has 27 heavy (non-hydrogen) atoms. The summed E-state index contributed by atoms with van der Waals surface area (Å²) in [6.45, 7) is 2.75. The van der Waals surface area contributed by atoms with Gasteiger partial charge in [0.05, 0.1) is 23.5 Å². The predicted molar refractivity (Wildman–Crippen MR) is 108 cm³/mol. The highest BCUT2D eigenvalue weighted by molar-refractivity contribution is 6.30. The van der Waals surface area contributed by atoms with Crippen molar-refractivity contribution in [3.63, 3.8) is 0 Å². The minimum Gasteiger partial charge on any atom is -0.295 e. The van der Waals surface area contributed by atoms with E-state index < -0.39 is 0 Å². The third kappa shape index (κ3) is 3.95. The van der Waals surface area contributed by atoms with Crippen molar-refractivity contribution in [1.82, 2.24) is 15.1 Å². The molecular formula is C22H19ClN4. The molecule has 134 valence electrons. The SMILES string of the molecule is N#Cc1ccc(C2=CCN(Cc3cn[nH]c3-c3ccc(Cl)cc3)CC2)cc1. The van der Waals surface area contributed by atoms with Gasteiger partial charge in [0.1, 0.15) is 0 Å². The van der Waals surface area contributed by atoms with Crippen LogP contribution in [0.1, 0.15) is 23.1 Å². The van der Waals surface area contributed by atoms with E-state index in [1.807, 2.05) is 54.7 Å². The highest BCUT2D eigenvalue weighted by Gasteiger charge is 2.16. The van der Waals surface area contributed by atoms with E-state index in [1.54, 1.807) is 0 Å². The number of rotatable bonds is 4.